The van der Waals surface area contributed by atoms with Crippen molar-refractivity contribution in [2.24, 2.45) is 5.41 Å². The summed E-state index contributed by atoms with van der Waals surface area (Å²) in [6, 6.07) is 20.3. The van der Waals surface area contributed by atoms with Crippen LogP contribution in [0.2, 0.25) is 0 Å². The molecule has 1 aliphatic heterocycles. The predicted molar refractivity (Wildman–Crippen MR) is 174 cm³/mol. The minimum Gasteiger partial charge on any atom is -0.484 e. The van der Waals surface area contributed by atoms with Crippen LogP contribution in [0.5, 0.6) is 5.75 Å². The number of aliphatic carboxylic acids is 1. The van der Waals surface area contributed by atoms with E-state index in [1.165, 1.54) is 0 Å². The Labute approximate surface area is 272 Å². The molecule has 47 heavy (non-hydrogen) atoms. The lowest BCUT2D eigenvalue weighted by Crippen LogP contribution is -2.50. The molecule has 2 aromatic carbocycles. The molecule has 1 atom stereocenters. The Kier molecular flexibility index (Phi) is 12.4. The Morgan fingerprint density at radius 2 is 1.87 bits per heavy atom. The molecule has 3 heterocycles. The van der Waals surface area contributed by atoms with E-state index in [9.17, 15) is 14.4 Å². The van der Waals surface area contributed by atoms with Gasteiger partial charge in [0.05, 0.1) is 29.7 Å². The molecule has 0 aliphatic carbocycles. The second kappa shape index (κ2) is 16.9. The van der Waals surface area contributed by atoms with E-state index in [0.29, 0.717) is 48.2 Å². The van der Waals surface area contributed by atoms with Gasteiger partial charge >= 0.3 is 0 Å². The van der Waals surface area contributed by atoms with Gasteiger partial charge < -0.3 is 30.5 Å². The minimum absolute atomic E-state index is 0.0743. The molecule has 4 N–H and O–H groups in total. The molecule has 0 radical (unpaired) electrons. The van der Waals surface area contributed by atoms with Gasteiger partial charge in [-0.25, -0.2) is 0 Å². The summed E-state index contributed by atoms with van der Waals surface area (Å²) in [6.07, 6.45) is 3.04. The summed E-state index contributed by atoms with van der Waals surface area (Å²) in [5, 5.41) is 21.7. The monoisotopic (exact) mass is 644 g/mol. The number of aromatic nitrogens is 3. The van der Waals surface area contributed by atoms with E-state index < -0.39 is 11.4 Å². The first-order valence-electron chi connectivity index (χ1n) is 15.3. The van der Waals surface area contributed by atoms with Crippen molar-refractivity contribution in [1.82, 2.24) is 30.7 Å². The maximum Gasteiger partial charge on any atom is 0.300 e. The average molecular weight is 645 g/mol. The highest BCUT2D eigenvalue weighted by Crippen LogP contribution is 2.31. The van der Waals surface area contributed by atoms with Gasteiger partial charge in [-0.2, -0.15) is 5.10 Å². The van der Waals surface area contributed by atoms with Gasteiger partial charge in [-0.1, -0.05) is 36.4 Å². The fraction of sp³-hybridized carbons (Fsp3) is 0.353. The number of nitrogens with one attached hydrogen (secondary N) is 3. The number of carboxylic acids is 1. The van der Waals surface area contributed by atoms with Crippen LogP contribution in [-0.4, -0.2) is 77.0 Å². The molecular weight excluding hydrogens is 604 g/mol. The molecule has 2 bridgehead atoms. The highest BCUT2D eigenvalue weighted by atomic mass is 16.5. The number of benzene rings is 2. The smallest absolute Gasteiger partial charge is 0.300 e. The van der Waals surface area contributed by atoms with Crippen LogP contribution in [0.3, 0.4) is 0 Å². The van der Waals surface area contributed by atoms with Crippen LogP contribution in [-0.2, 0) is 38.6 Å². The lowest BCUT2D eigenvalue weighted by Gasteiger charge is -2.33. The molecule has 1 aliphatic rings. The van der Waals surface area contributed by atoms with Gasteiger partial charge in [-0.3, -0.25) is 28.8 Å². The summed E-state index contributed by atoms with van der Waals surface area (Å²) in [5.41, 5.74) is 1.56. The number of ether oxygens (including phenoxy) is 2. The van der Waals surface area contributed by atoms with E-state index in [4.69, 9.17) is 19.4 Å². The number of rotatable bonds is 7. The van der Waals surface area contributed by atoms with Crippen molar-refractivity contribution in [2.75, 3.05) is 33.4 Å². The van der Waals surface area contributed by atoms with Crippen molar-refractivity contribution in [1.29, 1.82) is 0 Å². The zero-order chi connectivity index (χ0) is 33.6. The molecule has 0 saturated heterocycles. The third-order valence-electron chi connectivity index (χ3n) is 7.55. The number of pyridine rings is 1. The van der Waals surface area contributed by atoms with Crippen LogP contribution >= 0.6 is 0 Å². The summed E-state index contributed by atoms with van der Waals surface area (Å²) in [6.45, 7) is 2.23. The summed E-state index contributed by atoms with van der Waals surface area (Å²) in [7, 11) is 1.62. The summed E-state index contributed by atoms with van der Waals surface area (Å²) >= 11 is 0. The first kappa shape index (κ1) is 34.6. The number of fused-ring (bicyclic) bond motifs is 5. The first-order chi connectivity index (χ1) is 22.7. The van der Waals surface area contributed by atoms with Gasteiger partial charge in [0.2, 0.25) is 5.91 Å². The van der Waals surface area contributed by atoms with Gasteiger partial charge in [0.1, 0.15) is 11.4 Å². The van der Waals surface area contributed by atoms with E-state index >= 15 is 0 Å². The van der Waals surface area contributed by atoms with E-state index in [2.05, 4.69) is 26.0 Å². The van der Waals surface area contributed by atoms with Gasteiger partial charge in [-0.15, -0.1) is 0 Å². The van der Waals surface area contributed by atoms with Gasteiger partial charge in [0.25, 0.3) is 17.8 Å². The van der Waals surface area contributed by atoms with Crippen LogP contribution in [0.1, 0.15) is 41.5 Å². The Bertz CT molecular complexity index is 1670. The molecule has 3 amide bonds. The number of methoxy groups -OCH3 is 1. The highest BCUT2D eigenvalue weighted by Gasteiger charge is 2.39. The molecule has 13 heteroatoms. The Balaban J connectivity index is 0.00000118. The number of carbonyl (C=O) groups excluding carboxylic acids is 3. The van der Waals surface area contributed by atoms with Crippen molar-refractivity contribution in [2.45, 2.75) is 39.3 Å². The molecule has 0 fully saturated rings. The predicted octanol–water partition coefficient (Wildman–Crippen LogP) is 2.73. The first-order valence-corrected chi connectivity index (χ1v) is 15.3. The Morgan fingerprint density at radius 3 is 2.64 bits per heavy atom. The summed E-state index contributed by atoms with van der Waals surface area (Å²) in [4.78, 5) is 53.9. The second-order valence-corrected chi connectivity index (χ2v) is 11.1. The van der Waals surface area contributed by atoms with E-state index in [0.717, 1.165) is 18.2 Å². The van der Waals surface area contributed by atoms with Crippen molar-refractivity contribution >= 4 is 34.6 Å². The van der Waals surface area contributed by atoms with Gasteiger partial charge in [0, 0.05) is 45.3 Å². The molecule has 0 saturated carbocycles. The number of nitrogens with zero attached hydrogens (tertiary/aromatic N) is 3. The molecule has 5 rings (SSSR count). The fourth-order valence-corrected chi connectivity index (χ4v) is 5.38. The molecule has 13 nitrogen and oxygen atoms in total. The Hall–Kier alpha value is -5.30. The lowest BCUT2D eigenvalue weighted by atomic mass is 9.76. The van der Waals surface area contributed by atoms with Crippen molar-refractivity contribution in [3.63, 3.8) is 0 Å². The standard InChI is InChI=1S/C32H36N6O5.C2H4O2/c1-42-17-7-13-32(31(41)35-20-24-9-4-5-14-33-24)19-23-8-6-10-25(18-23)43-21-28(39)34-15-16-38-29(30(40)36-22-32)26-11-2-3-12-27(26)37-38;1-2(3)4/h2-6,8-12,14,18H,7,13,15-17,19-22H2,1H3,(H,34,39)(H,35,41)(H,36,40);1H3,(H,3,4). The third kappa shape index (κ3) is 9.84. The molecular formula is C34H40N6O7. The zero-order valence-electron chi connectivity index (χ0n) is 26.5. The zero-order valence-corrected chi connectivity index (χ0v) is 26.5. The Morgan fingerprint density at radius 1 is 1.09 bits per heavy atom. The van der Waals surface area contributed by atoms with E-state index in [1.54, 1.807) is 24.1 Å². The largest absolute Gasteiger partial charge is 0.484 e. The topological polar surface area (TPSA) is 174 Å². The normalized spacial score (nSPS) is 16.8. The molecule has 0 spiro atoms. The summed E-state index contributed by atoms with van der Waals surface area (Å²) in [5.74, 6) is -1.16. The SMILES string of the molecule is CC(=O)O.COCCCC1(C(=O)NCc2ccccn2)CNC(=O)c2c3ccccc3nn2CCNC(=O)COc2cccc(c2)C1. The number of hydrogen-bond donors (Lipinski definition) is 4. The molecule has 248 valence electrons. The van der Waals surface area contributed by atoms with Crippen LogP contribution in [0.15, 0.2) is 72.9 Å². The summed E-state index contributed by atoms with van der Waals surface area (Å²) < 4.78 is 12.7. The van der Waals surface area contributed by atoms with Crippen molar-refractivity contribution in [3.05, 3.63) is 89.9 Å². The van der Waals surface area contributed by atoms with Crippen molar-refractivity contribution in [3.8, 4) is 5.75 Å². The number of carbonyl (C=O) groups is 4. The third-order valence-corrected chi connectivity index (χ3v) is 7.55. The van der Waals surface area contributed by atoms with Crippen molar-refractivity contribution < 1.29 is 33.8 Å². The molecule has 1 unspecified atom stereocenters. The van der Waals surface area contributed by atoms with Crippen LogP contribution in [0, 0.1) is 5.41 Å². The van der Waals surface area contributed by atoms with E-state index in [-0.39, 0.29) is 50.5 Å². The molecule has 2 aromatic heterocycles. The molecule has 4 aromatic rings. The maximum absolute atomic E-state index is 14.1. The lowest BCUT2D eigenvalue weighted by molar-refractivity contribution is -0.134. The quantitative estimate of drug-likeness (QED) is 0.221. The van der Waals surface area contributed by atoms with Gasteiger partial charge in [-0.05, 0) is 55.2 Å². The fourth-order valence-electron chi connectivity index (χ4n) is 5.38. The highest BCUT2D eigenvalue weighted by molar-refractivity contribution is 6.05. The number of carboxylic acid groups (broad SMARTS) is 1. The number of amides is 3. The van der Waals surface area contributed by atoms with Crippen LogP contribution < -0.4 is 20.7 Å². The van der Waals surface area contributed by atoms with Crippen LogP contribution in [0.4, 0.5) is 0 Å². The number of hydrogen-bond acceptors (Lipinski definition) is 8. The van der Waals surface area contributed by atoms with Crippen LogP contribution in [0.25, 0.3) is 10.9 Å². The average Bonchev–Trinajstić information content (AvgIpc) is 3.43. The van der Waals surface area contributed by atoms with E-state index in [1.807, 2.05) is 60.7 Å². The van der Waals surface area contributed by atoms with Gasteiger partial charge in [0.15, 0.2) is 6.61 Å². The minimum atomic E-state index is -1.03. The maximum atomic E-state index is 14.1. The second-order valence-electron chi connectivity index (χ2n) is 11.1.